The van der Waals surface area contributed by atoms with E-state index in [1.165, 1.54) is 6.07 Å². The normalized spacial score (nSPS) is 11.9. The van der Waals surface area contributed by atoms with Crippen LogP contribution in [0.4, 0.5) is 13.2 Å². The molecule has 0 aliphatic rings. The van der Waals surface area contributed by atoms with Gasteiger partial charge in [0.15, 0.2) is 0 Å². The van der Waals surface area contributed by atoms with Crippen LogP contribution >= 0.6 is 38.5 Å². The Bertz CT molecular complexity index is 351. The number of hydrogen-bond donors (Lipinski definition) is 1. The highest BCUT2D eigenvalue weighted by atomic mass is 127. The largest absolute Gasteiger partial charge is 0.416 e. The van der Waals surface area contributed by atoms with Gasteiger partial charge in [-0.25, -0.2) is 0 Å². The molecule has 1 aromatic carbocycles. The lowest BCUT2D eigenvalue weighted by atomic mass is 10.1. The molecule has 1 aromatic rings. The van der Waals surface area contributed by atoms with Gasteiger partial charge in [0.05, 0.1) is 5.56 Å². The third-order valence-corrected chi connectivity index (χ3v) is 4.34. The van der Waals surface area contributed by atoms with E-state index in [4.69, 9.17) is 5.73 Å². The van der Waals surface area contributed by atoms with Crippen LogP contribution in [0.1, 0.15) is 11.1 Å². The van der Waals surface area contributed by atoms with E-state index < -0.39 is 11.7 Å². The lowest BCUT2D eigenvalue weighted by Gasteiger charge is -2.13. The Kier molecular flexibility index (Phi) is 3.81. The van der Waals surface area contributed by atoms with Gasteiger partial charge in [0.2, 0.25) is 0 Å². The zero-order chi connectivity index (χ0) is 10.9. The average molecular weight is 380 g/mol. The Labute approximate surface area is 101 Å². The van der Waals surface area contributed by atoms with Crippen LogP contribution in [0, 0.1) is 3.57 Å². The van der Waals surface area contributed by atoms with Gasteiger partial charge < -0.3 is 5.73 Å². The number of hydrogen-bond acceptors (Lipinski definition) is 1. The van der Waals surface area contributed by atoms with Gasteiger partial charge >= 0.3 is 6.18 Å². The lowest BCUT2D eigenvalue weighted by molar-refractivity contribution is -0.138. The van der Waals surface area contributed by atoms with Crippen molar-refractivity contribution in [3.05, 3.63) is 31.3 Å². The standard InChI is InChI=1S/C8H6BrF3IN/c9-6-2-1-5(8(10,11)12)4(3-14)7(6)13/h1-2H,3,14H2. The number of benzene rings is 1. The molecule has 0 fully saturated rings. The molecule has 0 radical (unpaired) electrons. The maximum absolute atomic E-state index is 12.5. The fourth-order valence-corrected chi connectivity index (χ4v) is 2.12. The van der Waals surface area contributed by atoms with Crippen LogP contribution < -0.4 is 5.73 Å². The summed E-state index contributed by atoms with van der Waals surface area (Å²) in [4.78, 5) is 0. The number of nitrogens with two attached hydrogens (primary N) is 1. The first-order valence-corrected chi connectivity index (χ1v) is 5.49. The first-order chi connectivity index (χ1) is 6.38. The van der Waals surface area contributed by atoms with E-state index in [1.807, 2.05) is 22.6 Å². The number of rotatable bonds is 1. The molecule has 0 aliphatic carbocycles. The molecule has 1 nitrogen and oxygen atoms in total. The van der Waals surface area contributed by atoms with Crippen LogP contribution in [-0.4, -0.2) is 0 Å². The molecule has 0 aliphatic heterocycles. The Morgan fingerprint density at radius 3 is 2.36 bits per heavy atom. The van der Waals surface area contributed by atoms with Gasteiger partial charge in [-0.2, -0.15) is 13.2 Å². The predicted molar refractivity (Wildman–Crippen MR) is 59.8 cm³/mol. The zero-order valence-corrected chi connectivity index (χ0v) is 10.6. The Morgan fingerprint density at radius 1 is 1.36 bits per heavy atom. The van der Waals surface area contributed by atoms with Crippen LogP contribution in [0.2, 0.25) is 0 Å². The SMILES string of the molecule is NCc1c(C(F)(F)F)ccc(Br)c1I. The Balaban J connectivity index is 3.39. The monoisotopic (exact) mass is 379 g/mol. The molecule has 0 aromatic heterocycles. The van der Waals surface area contributed by atoms with Crippen LogP contribution in [0.25, 0.3) is 0 Å². The highest BCUT2D eigenvalue weighted by Gasteiger charge is 2.33. The molecule has 78 valence electrons. The van der Waals surface area contributed by atoms with Crippen molar-refractivity contribution in [1.82, 2.24) is 0 Å². The van der Waals surface area contributed by atoms with Crippen LogP contribution in [0.15, 0.2) is 16.6 Å². The van der Waals surface area contributed by atoms with E-state index in [0.29, 0.717) is 8.04 Å². The molecule has 1 rings (SSSR count). The summed E-state index contributed by atoms with van der Waals surface area (Å²) in [6.07, 6.45) is -4.34. The second-order valence-corrected chi connectivity index (χ2v) is 4.52. The van der Waals surface area contributed by atoms with E-state index in [-0.39, 0.29) is 12.1 Å². The van der Waals surface area contributed by atoms with Gasteiger partial charge in [0.25, 0.3) is 0 Å². The van der Waals surface area contributed by atoms with Crippen LogP contribution in [0.5, 0.6) is 0 Å². The molecule has 14 heavy (non-hydrogen) atoms. The van der Waals surface area contributed by atoms with Crippen molar-refractivity contribution in [2.75, 3.05) is 0 Å². The van der Waals surface area contributed by atoms with Crippen LogP contribution in [0.3, 0.4) is 0 Å². The van der Waals surface area contributed by atoms with Gasteiger partial charge in [0.1, 0.15) is 0 Å². The minimum atomic E-state index is -4.34. The topological polar surface area (TPSA) is 26.0 Å². The van der Waals surface area contributed by atoms with Crippen molar-refractivity contribution in [3.8, 4) is 0 Å². The van der Waals surface area contributed by atoms with Gasteiger partial charge in [-0.3, -0.25) is 0 Å². The van der Waals surface area contributed by atoms with Gasteiger partial charge in [0, 0.05) is 14.6 Å². The predicted octanol–water partition coefficient (Wildman–Crippen LogP) is 3.53. The van der Waals surface area contributed by atoms with Gasteiger partial charge in [-0.1, -0.05) is 0 Å². The van der Waals surface area contributed by atoms with E-state index >= 15 is 0 Å². The Morgan fingerprint density at radius 2 is 1.93 bits per heavy atom. The third-order valence-electron chi connectivity index (χ3n) is 1.71. The fraction of sp³-hybridized carbons (Fsp3) is 0.250. The van der Waals surface area contributed by atoms with E-state index in [9.17, 15) is 13.2 Å². The molecule has 0 saturated heterocycles. The fourth-order valence-electron chi connectivity index (χ4n) is 1.06. The zero-order valence-electron chi connectivity index (χ0n) is 6.83. The molecule has 2 N–H and O–H groups in total. The number of alkyl halides is 3. The van der Waals surface area contributed by atoms with Crippen molar-refractivity contribution in [2.45, 2.75) is 12.7 Å². The molecule has 0 spiro atoms. The smallest absolute Gasteiger partial charge is 0.326 e. The second kappa shape index (κ2) is 4.36. The second-order valence-electron chi connectivity index (χ2n) is 2.59. The summed E-state index contributed by atoms with van der Waals surface area (Å²) in [6.45, 7) is -0.118. The maximum Gasteiger partial charge on any atom is 0.416 e. The van der Waals surface area contributed by atoms with E-state index in [1.54, 1.807) is 0 Å². The van der Waals surface area contributed by atoms with Crippen molar-refractivity contribution in [3.63, 3.8) is 0 Å². The molecule has 0 amide bonds. The summed E-state index contributed by atoms with van der Waals surface area (Å²) in [5.41, 5.74) is 4.76. The molecule has 0 atom stereocenters. The summed E-state index contributed by atoms with van der Waals surface area (Å²) in [7, 11) is 0. The van der Waals surface area contributed by atoms with Crippen LogP contribution in [-0.2, 0) is 12.7 Å². The molecule has 6 heteroatoms. The average Bonchev–Trinajstić information content (AvgIpc) is 2.07. The van der Waals surface area contributed by atoms with Crippen molar-refractivity contribution in [2.24, 2.45) is 5.73 Å². The minimum Gasteiger partial charge on any atom is -0.326 e. The van der Waals surface area contributed by atoms with Gasteiger partial charge in [-0.05, 0) is 56.2 Å². The first kappa shape index (κ1) is 12.3. The highest BCUT2D eigenvalue weighted by molar-refractivity contribution is 14.1. The summed E-state index contributed by atoms with van der Waals surface area (Å²) in [5.74, 6) is 0. The maximum atomic E-state index is 12.5. The summed E-state index contributed by atoms with van der Waals surface area (Å²) < 4.78 is 38.6. The van der Waals surface area contributed by atoms with E-state index in [2.05, 4.69) is 15.9 Å². The van der Waals surface area contributed by atoms with Gasteiger partial charge in [-0.15, -0.1) is 0 Å². The van der Waals surface area contributed by atoms with Crippen molar-refractivity contribution in [1.29, 1.82) is 0 Å². The van der Waals surface area contributed by atoms with E-state index in [0.717, 1.165) is 6.07 Å². The lowest BCUT2D eigenvalue weighted by Crippen LogP contribution is -2.13. The molecule has 0 bridgehead atoms. The quantitative estimate of drug-likeness (QED) is 0.742. The first-order valence-electron chi connectivity index (χ1n) is 3.62. The number of halogens is 5. The molecular formula is C8H6BrF3IN. The molecule has 0 heterocycles. The van der Waals surface area contributed by atoms with Crippen molar-refractivity contribution >= 4 is 38.5 Å². The molecule has 0 unspecified atom stereocenters. The van der Waals surface area contributed by atoms with Crippen molar-refractivity contribution < 1.29 is 13.2 Å². The molecule has 0 saturated carbocycles. The third kappa shape index (κ3) is 2.40. The minimum absolute atomic E-state index is 0.118. The summed E-state index contributed by atoms with van der Waals surface area (Å²) in [5, 5.41) is 0. The summed E-state index contributed by atoms with van der Waals surface area (Å²) >= 11 is 5.00. The summed E-state index contributed by atoms with van der Waals surface area (Å²) in [6, 6.07) is 2.41. The highest BCUT2D eigenvalue weighted by Crippen LogP contribution is 2.36. The Hall–Kier alpha value is 0.180. The molecular weight excluding hydrogens is 374 g/mol.